The van der Waals surface area contributed by atoms with E-state index in [2.05, 4.69) is 27.0 Å². The molecule has 2 heterocycles. The molecule has 6 nitrogen and oxygen atoms in total. The topological polar surface area (TPSA) is 45.0 Å². The van der Waals surface area contributed by atoms with Gasteiger partial charge in [-0.25, -0.2) is 0 Å². The van der Waals surface area contributed by atoms with E-state index in [9.17, 15) is 0 Å². The van der Waals surface area contributed by atoms with Crippen LogP contribution in [-0.2, 0) is 18.3 Å². The molecule has 0 spiro atoms. The number of halogens is 2. The van der Waals surface area contributed by atoms with Gasteiger partial charge in [0, 0.05) is 59.2 Å². The van der Waals surface area contributed by atoms with Gasteiger partial charge in [0.25, 0.3) is 0 Å². The van der Waals surface area contributed by atoms with Crippen LogP contribution in [-0.4, -0.2) is 73.8 Å². The minimum Gasteiger partial charge on any atom is -0.379 e. The van der Waals surface area contributed by atoms with E-state index in [1.165, 1.54) is 0 Å². The number of hydrogen-bond donors (Lipinski definition) is 1. The van der Waals surface area contributed by atoms with Gasteiger partial charge in [0.05, 0.1) is 24.8 Å². The Hall–Kier alpha value is -0.510. The first-order valence-electron chi connectivity index (χ1n) is 8.52. The van der Waals surface area contributed by atoms with Crippen molar-refractivity contribution in [2.24, 2.45) is 18.0 Å². The first kappa shape index (κ1) is 22.5. The fraction of sp³-hybridized carbons (Fsp3) is 0.706. The van der Waals surface area contributed by atoms with Crippen molar-refractivity contribution in [2.45, 2.75) is 13.5 Å². The van der Waals surface area contributed by atoms with E-state index >= 15 is 0 Å². The summed E-state index contributed by atoms with van der Waals surface area (Å²) in [6.45, 7) is 8.80. The van der Waals surface area contributed by atoms with Gasteiger partial charge in [0.15, 0.2) is 5.96 Å². The Kier molecular flexibility index (Phi) is 10.1. The molecule has 8 heteroatoms. The lowest BCUT2D eigenvalue weighted by molar-refractivity contribution is 0.0320. The first-order chi connectivity index (χ1) is 11.5. The van der Waals surface area contributed by atoms with E-state index in [4.69, 9.17) is 16.3 Å². The normalized spacial score (nSPS) is 17.1. The number of aliphatic imine (C=N–C) groups is 1. The van der Waals surface area contributed by atoms with Crippen LogP contribution >= 0.6 is 35.6 Å². The molecule has 2 rings (SSSR count). The average Bonchev–Trinajstić information content (AvgIpc) is 2.86. The standard InChI is InChI=1S/C17H30ClN5O.HI/c1-14(11-23-5-7-24-8-6-23)10-20-17(19-2)22(4)13-16-9-15(18)12-21(16)3;/h9,12,14H,5-8,10-11,13H2,1-4H3,(H,19,20);1H. The SMILES string of the molecule is CN=C(NCC(C)CN1CCOCC1)N(C)Cc1cc(Cl)cn1C.I. The van der Waals surface area contributed by atoms with E-state index in [1.54, 1.807) is 0 Å². The zero-order chi connectivity index (χ0) is 17.5. The van der Waals surface area contributed by atoms with Crippen LogP contribution in [0.2, 0.25) is 5.02 Å². The van der Waals surface area contributed by atoms with Crippen molar-refractivity contribution < 1.29 is 4.74 Å². The maximum absolute atomic E-state index is 6.06. The second-order valence-electron chi connectivity index (χ2n) is 6.56. The Morgan fingerprint density at radius 2 is 2.12 bits per heavy atom. The number of rotatable bonds is 6. The summed E-state index contributed by atoms with van der Waals surface area (Å²) in [5.41, 5.74) is 1.16. The van der Waals surface area contributed by atoms with Crippen molar-refractivity contribution in [1.82, 2.24) is 19.7 Å². The van der Waals surface area contributed by atoms with E-state index in [0.29, 0.717) is 5.92 Å². The van der Waals surface area contributed by atoms with E-state index in [-0.39, 0.29) is 24.0 Å². The maximum atomic E-state index is 6.06. The van der Waals surface area contributed by atoms with Crippen molar-refractivity contribution in [1.29, 1.82) is 0 Å². The van der Waals surface area contributed by atoms with Crippen LogP contribution in [0.1, 0.15) is 12.6 Å². The summed E-state index contributed by atoms with van der Waals surface area (Å²) < 4.78 is 7.45. The van der Waals surface area contributed by atoms with Crippen LogP contribution in [0.15, 0.2) is 17.3 Å². The van der Waals surface area contributed by atoms with Gasteiger partial charge < -0.3 is 19.5 Å². The van der Waals surface area contributed by atoms with Gasteiger partial charge in [-0.15, -0.1) is 24.0 Å². The van der Waals surface area contributed by atoms with E-state index in [0.717, 1.165) is 62.6 Å². The number of aromatic nitrogens is 1. The molecule has 1 N–H and O–H groups in total. The largest absolute Gasteiger partial charge is 0.379 e. The number of morpholine rings is 1. The Morgan fingerprint density at radius 1 is 1.44 bits per heavy atom. The van der Waals surface area contributed by atoms with E-state index < -0.39 is 0 Å². The van der Waals surface area contributed by atoms with Crippen LogP contribution in [0.25, 0.3) is 0 Å². The van der Waals surface area contributed by atoms with Gasteiger partial charge in [0.1, 0.15) is 0 Å². The molecule has 1 aromatic rings. The predicted molar refractivity (Wildman–Crippen MR) is 115 cm³/mol. The Balaban J connectivity index is 0.00000312. The fourth-order valence-electron chi connectivity index (χ4n) is 2.98. The molecule has 0 radical (unpaired) electrons. The molecule has 0 aromatic carbocycles. The molecular weight excluding hydrogens is 453 g/mol. The average molecular weight is 484 g/mol. The molecule has 0 aliphatic carbocycles. The highest BCUT2D eigenvalue weighted by Crippen LogP contribution is 2.14. The highest BCUT2D eigenvalue weighted by Gasteiger charge is 2.15. The number of nitrogens with zero attached hydrogens (tertiary/aromatic N) is 4. The van der Waals surface area contributed by atoms with Crippen molar-refractivity contribution in [3.05, 3.63) is 23.0 Å². The quantitative estimate of drug-likeness (QED) is 0.383. The number of nitrogens with one attached hydrogen (secondary N) is 1. The number of ether oxygens (including phenoxy) is 1. The van der Waals surface area contributed by atoms with E-state index in [1.807, 2.05) is 38.0 Å². The van der Waals surface area contributed by atoms with Crippen molar-refractivity contribution >= 4 is 41.5 Å². The maximum Gasteiger partial charge on any atom is 0.193 e. The van der Waals surface area contributed by atoms with Crippen molar-refractivity contribution in [3.63, 3.8) is 0 Å². The summed E-state index contributed by atoms with van der Waals surface area (Å²) in [6.07, 6.45) is 1.92. The van der Waals surface area contributed by atoms with Gasteiger partial charge in [0.2, 0.25) is 0 Å². The van der Waals surface area contributed by atoms with Crippen LogP contribution in [0.4, 0.5) is 0 Å². The third kappa shape index (κ3) is 7.32. The van der Waals surface area contributed by atoms with Crippen molar-refractivity contribution in [2.75, 3.05) is 53.5 Å². The fourth-order valence-corrected chi connectivity index (χ4v) is 3.25. The van der Waals surface area contributed by atoms with Gasteiger partial charge in [-0.1, -0.05) is 18.5 Å². The highest BCUT2D eigenvalue weighted by molar-refractivity contribution is 14.0. The summed E-state index contributed by atoms with van der Waals surface area (Å²) in [5, 5.41) is 4.25. The lowest BCUT2D eigenvalue weighted by Crippen LogP contribution is -2.44. The number of hydrogen-bond acceptors (Lipinski definition) is 3. The monoisotopic (exact) mass is 483 g/mol. The molecular formula is C17H31ClIN5O. The van der Waals surface area contributed by atoms with Crippen LogP contribution in [0.3, 0.4) is 0 Å². The molecule has 144 valence electrons. The lowest BCUT2D eigenvalue weighted by atomic mass is 10.1. The summed E-state index contributed by atoms with van der Waals surface area (Å²) in [4.78, 5) is 8.98. The smallest absolute Gasteiger partial charge is 0.193 e. The number of guanidine groups is 1. The van der Waals surface area contributed by atoms with Crippen LogP contribution in [0.5, 0.6) is 0 Å². The Morgan fingerprint density at radius 3 is 2.68 bits per heavy atom. The molecule has 1 unspecified atom stereocenters. The molecule has 0 bridgehead atoms. The summed E-state index contributed by atoms with van der Waals surface area (Å²) in [7, 11) is 5.88. The summed E-state index contributed by atoms with van der Waals surface area (Å²) >= 11 is 6.06. The van der Waals surface area contributed by atoms with Crippen molar-refractivity contribution in [3.8, 4) is 0 Å². The van der Waals surface area contributed by atoms with Crippen LogP contribution < -0.4 is 5.32 Å². The zero-order valence-electron chi connectivity index (χ0n) is 15.7. The highest BCUT2D eigenvalue weighted by atomic mass is 127. The Bertz CT molecular complexity index is 545. The molecule has 0 saturated carbocycles. The first-order valence-corrected chi connectivity index (χ1v) is 8.90. The van der Waals surface area contributed by atoms with Crippen LogP contribution in [0, 0.1) is 5.92 Å². The minimum atomic E-state index is 0. The Labute approximate surface area is 173 Å². The molecule has 0 amide bonds. The molecule has 1 aliphatic heterocycles. The second-order valence-corrected chi connectivity index (χ2v) is 7.00. The predicted octanol–water partition coefficient (Wildman–Crippen LogP) is 2.27. The lowest BCUT2D eigenvalue weighted by Gasteiger charge is -2.30. The summed E-state index contributed by atoms with van der Waals surface area (Å²) in [5.74, 6) is 1.46. The molecule has 1 fully saturated rings. The molecule has 1 aliphatic rings. The third-order valence-electron chi connectivity index (χ3n) is 4.33. The molecule has 25 heavy (non-hydrogen) atoms. The summed E-state index contributed by atoms with van der Waals surface area (Å²) in [6, 6.07) is 1.99. The molecule has 1 aromatic heterocycles. The van der Waals surface area contributed by atoms with Gasteiger partial charge in [-0.3, -0.25) is 9.89 Å². The minimum absolute atomic E-state index is 0. The van der Waals surface area contributed by atoms with Gasteiger partial charge >= 0.3 is 0 Å². The second kappa shape index (κ2) is 11.3. The van der Waals surface area contributed by atoms with Gasteiger partial charge in [-0.05, 0) is 12.0 Å². The molecule has 1 saturated heterocycles. The number of aryl methyl sites for hydroxylation is 1. The van der Waals surface area contributed by atoms with Gasteiger partial charge in [-0.2, -0.15) is 0 Å². The molecule has 1 atom stereocenters. The zero-order valence-corrected chi connectivity index (χ0v) is 18.8. The third-order valence-corrected chi connectivity index (χ3v) is 4.54.